The SMILES string of the molecule is COc1cc(N2CCC3CCN(c4nccc(OC)n4)C3C2)ncn1. The average Bonchev–Trinajstić information content (AvgIpc) is 3.11. The number of anilines is 2. The number of aromatic nitrogens is 4. The summed E-state index contributed by atoms with van der Waals surface area (Å²) in [5.74, 6) is 3.50. The van der Waals surface area contributed by atoms with Crippen molar-refractivity contribution in [2.75, 3.05) is 43.7 Å². The summed E-state index contributed by atoms with van der Waals surface area (Å²) in [6.07, 6.45) is 5.62. The maximum Gasteiger partial charge on any atom is 0.228 e. The molecule has 2 atom stereocenters. The van der Waals surface area contributed by atoms with Crippen LogP contribution in [-0.4, -0.2) is 59.8 Å². The van der Waals surface area contributed by atoms with Gasteiger partial charge in [0.2, 0.25) is 17.7 Å². The lowest BCUT2D eigenvalue weighted by Crippen LogP contribution is -2.49. The van der Waals surface area contributed by atoms with Crippen molar-refractivity contribution in [1.29, 1.82) is 0 Å². The van der Waals surface area contributed by atoms with E-state index in [1.165, 1.54) is 6.42 Å². The van der Waals surface area contributed by atoms with Gasteiger partial charge in [0, 0.05) is 38.0 Å². The lowest BCUT2D eigenvalue weighted by molar-refractivity contribution is 0.380. The topological polar surface area (TPSA) is 76.5 Å². The number of hydrogen-bond donors (Lipinski definition) is 0. The second kappa shape index (κ2) is 6.70. The molecule has 0 radical (unpaired) electrons. The molecule has 2 aliphatic heterocycles. The molecule has 132 valence electrons. The summed E-state index contributed by atoms with van der Waals surface area (Å²) in [6, 6.07) is 4.04. The smallest absolute Gasteiger partial charge is 0.228 e. The minimum atomic E-state index is 0.377. The van der Waals surface area contributed by atoms with Gasteiger partial charge in [0.1, 0.15) is 12.1 Å². The lowest BCUT2D eigenvalue weighted by Gasteiger charge is -2.39. The predicted octanol–water partition coefficient (Wildman–Crippen LogP) is 1.39. The molecule has 2 aromatic heterocycles. The zero-order chi connectivity index (χ0) is 17.2. The monoisotopic (exact) mass is 342 g/mol. The van der Waals surface area contributed by atoms with E-state index in [-0.39, 0.29) is 0 Å². The maximum atomic E-state index is 5.25. The van der Waals surface area contributed by atoms with Gasteiger partial charge in [-0.25, -0.2) is 15.0 Å². The van der Waals surface area contributed by atoms with Crippen LogP contribution in [0.4, 0.5) is 11.8 Å². The molecule has 2 unspecified atom stereocenters. The van der Waals surface area contributed by atoms with Crippen LogP contribution in [0, 0.1) is 5.92 Å². The molecule has 8 nitrogen and oxygen atoms in total. The second-order valence-corrected chi connectivity index (χ2v) is 6.36. The minimum Gasteiger partial charge on any atom is -0.481 e. The summed E-state index contributed by atoms with van der Waals surface area (Å²) < 4.78 is 10.5. The molecule has 2 saturated heterocycles. The van der Waals surface area contributed by atoms with Gasteiger partial charge in [0.25, 0.3) is 0 Å². The van der Waals surface area contributed by atoms with Crippen molar-refractivity contribution in [3.05, 3.63) is 24.7 Å². The van der Waals surface area contributed by atoms with Gasteiger partial charge in [-0.3, -0.25) is 0 Å². The molecule has 0 aliphatic carbocycles. The van der Waals surface area contributed by atoms with Crippen LogP contribution in [0.25, 0.3) is 0 Å². The normalized spacial score (nSPS) is 22.6. The first-order valence-electron chi connectivity index (χ1n) is 8.53. The molecule has 0 bridgehead atoms. The largest absolute Gasteiger partial charge is 0.481 e. The van der Waals surface area contributed by atoms with Gasteiger partial charge in [-0.2, -0.15) is 4.98 Å². The summed E-state index contributed by atoms with van der Waals surface area (Å²) in [4.78, 5) is 22.1. The standard InChI is InChI=1S/C17H22N6O2/c1-24-15-3-6-18-17(21-15)23-8-5-12-4-7-22(10-13(12)23)14-9-16(25-2)20-11-19-14/h3,6,9,11-13H,4-5,7-8,10H2,1-2H3. The molecule has 0 saturated carbocycles. The Bertz CT molecular complexity index is 743. The average molecular weight is 342 g/mol. The van der Waals surface area contributed by atoms with Gasteiger partial charge in [-0.15, -0.1) is 0 Å². The van der Waals surface area contributed by atoms with E-state index in [1.54, 1.807) is 32.8 Å². The highest BCUT2D eigenvalue weighted by atomic mass is 16.5. The molecule has 0 N–H and O–H groups in total. The van der Waals surface area contributed by atoms with Gasteiger partial charge >= 0.3 is 0 Å². The number of methoxy groups -OCH3 is 2. The van der Waals surface area contributed by atoms with Crippen LogP contribution in [0.1, 0.15) is 12.8 Å². The van der Waals surface area contributed by atoms with Crippen LogP contribution in [0.3, 0.4) is 0 Å². The molecule has 25 heavy (non-hydrogen) atoms. The van der Waals surface area contributed by atoms with E-state index in [0.717, 1.165) is 37.8 Å². The molecule has 0 aromatic carbocycles. The van der Waals surface area contributed by atoms with E-state index < -0.39 is 0 Å². The number of ether oxygens (including phenoxy) is 2. The fourth-order valence-corrected chi connectivity index (χ4v) is 3.80. The summed E-state index contributed by atoms with van der Waals surface area (Å²) in [5.41, 5.74) is 0. The van der Waals surface area contributed by atoms with Crippen molar-refractivity contribution in [2.24, 2.45) is 5.92 Å². The first kappa shape index (κ1) is 15.9. The number of nitrogens with zero attached hydrogens (tertiary/aromatic N) is 6. The maximum absolute atomic E-state index is 5.25. The summed E-state index contributed by atoms with van der Waals surface area (Å²) >= 11 is 0. The molecule has 0 amide bonds. The lowest BCUT2D eigenvalue weighted by atomic mass is 9.92. The van der Waals surface area contributed by atoms with E-state index >= 15 is 0 Å². The van der Waals surface area contributed by atoms with Crippen molar-refractivity contribution in [3.8, 4) is 11.8 Å². The third-order valence-corrected chi connectivity index (χ3v) is 5.11. The third kappa shape index (κ3) is 3.04. The van der Waals surface area contributed by atoms with Crippen molar-refractivity contribution in [3.63, 3.8) is 0 Å². The number of hydrogen-bond acceptors (Lipinski definition) is 8. The highest BCUT2D eigenvalue weighted by molar-refractivity contribution is 5.44. The van der Waals surface area contributed by atoms with Crippen LogP contribution >= 0.6 is 0 Å². The van der Waals surface area contributed by atoms with Crippen molar-refractivity contribution in [1.82, 2.24) is 19.9 Å². The van der Waals surface area contributed by atoms with Crippen LogP contribution in [0.2, 0.25) is 0 Å². The van der Waals surface area contributed by atoms with Gasteiger partial charge in [0.15, 0.2) is 0 Å². The van der Waals surface area contributed by atoms with Crippen molar-refractivity contribution < 1.29 is 9.47 Å². The van der Waals surface area contributed by atoms with Crippen molar-refractivity contribution >= 4 is 11.8 Å². The molecule has 2 aliphatic rings. The van der Waals surface area contributed by atoms with Crippen LogP contribution in [0.5, 0.6) is 11.8 Å². The van der Waals surface area contributed by atoms with E-state index in [1.807, 2.05) is 6.07 Å². The van der Waals surface area contributed by atoms with Crippen molar-refractivity contribution in [2.45, 2.75) is 18.9 Å². The van der Waals surface area contributed by atoms with Gasteiger partial charge in [-0.05, 0) is 18.8 Å². The number of fused-ring (bicyclic) bond motifs is 1. The fourth-order valence-electron chi connectivity index (χ4n) is 3.80. The predicted molar refractivity (Wildman–Crippen MR) is 93.2 cm³/mol. The Morgan fingerprint density at radius 2 is 1.88 bits per heavy atom. The van der Waals surface area contributed by atoms with Crippen LogP contribution in [-0.2, 0) is 0 Å². The third-order valence-electron chi connectivity index (χ3n) is 5.11. The summed E-state index contributed by atoms with van der Waals surface area (Å²) in [6.45, 7) is 2.86. The van der Waals surface area contributed by atoms with E-state index in [2.05, 4.69) is 29.7 Å². The van der Waals surface area contributed by atoms with Gasteiger partial charge in [0.05, 0.1) is 20.3 Å². The Labute approximate surface area is 146 Å². The van der Waals surface area contributed by atoms with E-state index in [4.69, 9.17) is 9.47 Å². The van der Waals surface area contributed by atoms with Gasteiger partial charge < -0.3 is 19.3 Å². The van der Waals surface area contributed by atoms with Crippen LogP contribution in [0.15, 0.2) is 24.7 Å². The Morgan fingerprint density at radius 3 is 2.72 bits per heavy atom. The molecule has 2 aromatic rings. The quantitative estimate of drug-likeness (QED) is 0.825. The highest BCUT2D eigenvalue weighted by Gasteiger charge is 2.40. The zero-order valence-electron chi connectivity index (χ0n) is 14.5. The Hall–Kier alpha value is -2.64. The molecule has 4 heterocycles. The summed E-state index contributed by atoms with van der Waals surface area (Å²) in [7, 11) is 3.25. The van der Waals surface area contributed by atoms with Crippen LogP contribution < -0.4 is 19.3 Å². The Morgan fingerprint density at radius 1 is 1.04 bits per heavy atom. The first-order valence-corrected chi connectivity index (χ1v) is 8.53. The number of rotatable bonds is 4. The van der Waals surface area contributed by atoms with Gasteiger partial charge in [-0.1, -0.05) is 0 Å². The molecule has 4 rings (SSSR count). The highest BCUT2D eigenvalue weighted by Crippen LogP contribution is 2.35. The second-order valence-electron chi connectivity index (χ2n) is 6.36. The van der Waals surface area contributed by atoms with E-state index in [0.29, 0.717) is 23.7 Å². The molecule has 8 heteroatoms. The molecule has 2 fully saturated rings. The molecule has 0 spiro atoms. The molecular formula is C17H22N6O2. The fraction of sp³-hybridized carbons (Fsp3) is 0.529. The van der Waals surface area contributed by atoms with E-state index in [9.17, 15) is 0 Å². The Kier molecular flexibility index (Phi) is 4.25. The zero-order valence-corrected chi connectivity index (χ0v) is 14.5. The first-order chi connectivity index (χ1) is 12.3. The summed E-state index contributed by atoms with van der Waals surface area (Å²) in [5, 5.41) is 0. The number of piperidine rings is 1. The molecular weight excluding hydrogens is 320 g/mol. The Balaban J connectivity index is 1.56. The minimum absolute atomic E-state index is 0.377.